The summed E-state index contributed by atoms with van der Waals surface area (Å²) in [5.74, 6) is 0.651. The maximum atomic E-state index is 12.3. The summed E-state index contributed by atoms with van der Waals surface area (Å²) in [5.41, 5.74) is 3.86. The molecular weight excluding hydrogens is 388 g/mol. The second kappa shape index (κ2) is 11.6. The quantitative estimate of drug-likeness (QED) is 0.483. The zero-order valence-corrected chi connectivity index (χ0v) is 17.8. The van der Waals surface area contributed by atoms with Crippen LogP contribution in [0.5, 0.6) is 5.75 Å². The lowest BCUT2D eigenvalue weighted by atomic mass is 10.0. The molecule has 0 radical (unpaired) electrons. The summed E-state index contributed by atoms with van der Waals surface area (Å²) in [6, 6.07) is 25.3. The second-order valence-electron chi connectivity index (χ2n) is 7.27. The molecule has 0 unspecified atom stereocenters. The lowest BCUT2D eigenvalue weighted by molar-refractivity contribution is -0.121. The molecule has 2 N–H and O–H groups in total. The number of carbonyl (C=O) groups excluding carboxylic acids is 2. The van der Waals surface area contributed by atoms with E-state index in [0.717, 1.165) is 22.4 Å². The van der Waals surface area contributed by atoms with E-state index in [0.29, 0.717) is 38.1 Å². The van der Waals surface area contributed by atoms with Crippen LogP contribution in [0.3, 0.4) is 0 Å². The highest BCUT2D eigenvalue weighted by molar-refractivity contribution is 5.94. The molecule has 0 spiro atoms. The molecule has 0 fully saturated rings. The molecule has 0 aliphatic rings. The third-order valence-electron chi connectivity index (χ3n) is 4.89. The van der Waals surface area contributed by atoms with Crippen molar-refractivity contribution < 1.29 is 14.3 Å². The van der Waals surface area contributed by atoms with E-state index >= 15 is 0 Å². The van der Waals surface area contributed by atoms with Crippen molar-refractivity contribution >= 4 is 11.8 Å². The number of rotatable bonds is 10. The maximum absolute atomic E-state index is 12.3. The second-order valence-corrected chi connectivity index (χ2v) is 7.27. The number of aryl methyl sites for hydroxylation is 1. The Balaban J connectivity index is 1.30. The number of benzene rings is 3. The van der Waals surface area contributed by atoms with Crippen molar-refractivity contribution in [2.75, 3.05) is 19.7 Å². The van der Waals surface area contributed by atoms with Gasteiger partial charge in [-0.25, -0.2) is 0 Å². The molecule has 3 rings (SSSR count). The molecule has 0 saturated heterocycles. The molecule has 5 nitrogen and oxygen atoms in total. The summed E-state index contributed by atoms with van der Waals surface area (Å²) in [6.45, 7) is 3.26. The number of para-hydroxylation sites is 1. The Hall–Kier alpha value is -3.60. The number of carbonyl (C=O) groups is 2. The Morgan fingerprint density at radius 3 is 2.16 bits per heavy atom. The van der Waals surface area contributed by atoms with E-state index < -0.39 is 0 Å². The minimum atomic E-state index is -0.152. The van der Waals surface area contributed by atoms with Gasteiger partial charge in [0, 0.05) is 25.1 Å². The first kappa shape index (κ1) is 22.1. The van der Waals surface area contributed by atoms with Crippen molar-refractivity contribution in [2.24, 2.45) is 0 Å². The monoisotopic (exact) mass is 416 g/mol. The number of hydrogen-bond donors (Lipinski definition) is 2. The first-order chi connectivity index (χ1) is 15.1. The van der Waals surface area contributed by atoms with E-state index in [2.05, 4.69) is 10.6 Å². The van der Waals surface area contributed by atoms with Crippen LogP contribution < -0.4 is 15.4 Å². The van der Waals surface area contributed by atoms with Crippen molar-refractivity contribution in [2.45, 2.75) is 19.8 Å². The van der Waals surface area contributed by atoms with Crippen molar-refractivity contribution in [1.82, 2.24) is 10.6 Å². The minimum Gasteiger partial charge on any atom is -0.493 e. The largest absolute Gasteiger partial charge is 0.493 e. The lowest BCUT2D eigenvalue weighted by Gasteiger charge is -2.09. The van der Waals surface area contributed by atoms with Gasteiger partial charge in [-0.2, -0.15) is 0 Å². The van der Waals surface area contributed by atoms with Crippen LogP contribution in [0.1, 0.15) is 28.8 Å². The lowest BCUT2D eigenvalue weighted by Crippen LogP contribution is -2.34. The molecule has 160 valence electrons. The van der Waals surface area contributed by atoms with E-state index in [1.165, 1.54) is 0 Å². The summed E-state index contributed by atoms with van der Waals surface area (Å²) in [4.78, 5) is 24.2. The third-order valence-corrected chi connectivity index (χ3v) is 4.89. The predicted octanol–water partition coefficient (Wildman–Crippen LogP) is 4.37. The summed E-state index contributed by atoms with van der Waals surface area (Å²) in [7, 11) is 0. The molecule has 2 amide bonds. The Bertz CT molecular complexity index is 985. The van der Waals surface area contributed by atoms with Gasteiger partial charge in [0.05, 0.1) is 6.61 Å². The van der Waals surface area contributed by atoms with Gasteiger partial charge >= 0.3 is 0 Å². The fraction of sp³-hybridized carbons (Fsp3) is 0.231. The van der Waals surface area contributed by atoms with E-state index in [-0.39, 0.29) is 11.8 Å². The molecule has 3 aromatic carbocycles. The predicted molar refractivity (Wildman–Crippen MR) is 123 cm³/mol. The van der Waals surface area contributed by atoms with Crippen LogP contribution in [0.15, 0.2) is 78.9 Å². The van der Waals surface area contributed by atoms with Gasteiger partial charge in [-0.1, -0.05) is 60.7 Å². The van der Waals surface area contributed by atoms with Gasteiger partial charge in [0.15, 0.2) is 0 Å². The van der Waals surface area contributed by atoms with E-state index in [1.54, 1.807) is 0 Å². The molecule has 0 bridgehead atoms. The van der Waals surface area contributed by atoms with Gasteiger partial charge in [-0.15, -0.1) is 0 Å². The topological polar surface area (TPSA) is 67.4 Å². The Kier molecular flexibility index (Phi) is 8.23. The van der Waals surface area contributed by atoms with Gasteiger partial charge in [0.1, 0.15) is 5.75 Å². The highest BCUT2D eigenvalue weighted by Gasteiger charge is 2.06. The van der Waals surface area contributed by atoms with Crippen molar-refractivity contribution in [3.8, 4) is 16.9 Å². The smallest absolute Gasteiger partial charge is 0.251 e. The normalized spacial score (nSPS) is 10.4. The Morgan fingerprint density at radius 1 is 0.774 bits per heavy atom. The van der Waals surface area contributed by atoms with Crippen LogP contribution in [0, 0.1) is 6.92 Å². The molecule has 0 aliphatic heterocycles. The molecule has 0 heterocycles. The van der Waals surface area contributed by atoms with Crippen molar-refractivity contribution in [3.05, 3.63) is 90.0 Å². The van der Waals surface area contributed by atoms with Crippen LogP contribution in [-0.4, -0.2) is 31.5 Å². The molecule has 0 atom stereocenters. The van der Waals surface area contributed by atoms with E-state index in [9.17, 15) is 9.59 Å². The summed E-state index contributed by atoms with van der Waals surface area (Å²) >= 11 is 0. The van der Waals surface area contributed by atoms with Crippen LogP contribution in [0.2, 0.25) is 0 Å². The maximum Gasteiger partial charge on any atom is 0.251 e. The van der Waals surface area contributed by atoms with Gasteiger partial charge in [0.2, 0.25) is 5.91 Å². The highest BCUT2D eigenvalue weighted by atomic mass is 16.5. The third kappa shape index (κ3) is 7.00. The van der Waals surface area contributed by atoms with E-state index in [4.69, 9.17) is 4.74 Å². The molecule has 0 saturated carbocycles. The average Bonchev–Trinajstić information content (AvgIpc) is 2.81. The minimum absolute atomic E-state index is 0.0464. The number of nitrogens with one attached hydrogen (secondary N) is 2. The van der Waals surface area contributed by atoms with E-state index in [1.807, 2.05) is 85.8 Å². The number of hydrogen-bond acceptors (Lipinski definition) is 3. The van der Waals surface area contributed by atoms with Crippen LogP contribution in [-0.2, 0) is 4.79 Å². The molecule has 5 heteroatoms. The zero-order valence-electron chi connectivity index (χ0n) is 17.8. The molecular formula is C26H28N2O3. The first-order valence-electron chi connectivity index (χ1n) is 10.5. The fourth-order valence-corrected chi connectivity index (χ4v) is 3.15. The number of amides is 2. The standard InChI is InChI=1S/C26H28N2O3/c1-20-8-5-6-11-24(20)31-19-7-12-25(29)27-17-18-28-26(30)23-15-13-22(14-16-23)21-9-3-2-4-10-21/h2-6,8-11,13-16H,7,12,17-19H2,1H3,(H,27,29)(H,28,30). The van der Waals surface area contributed by atoms with Gasteiger partial charge in [0.25, 0.3) is 5.91 Å². The molecule has 0 aromatic heterocycles. The van der Waals surface area contributed by atoms with Crippen LogP contribution >= 0.6 is 0 Å². The molecule has 3 aromatic rings. The van der Waals surface area contributed by atoms with Crippen molar-refractivity contribution in [3.63, 3.8) is 0 Å². The van der Waals surface area contributed by atoms with Crippen LogP contribution in [0.25, 0.3) is 11.1 Å². The summed E-state index contributed by atoms with van der Waals surface area (Å²) in [5, 5.41) is 5.65. The first-order valence-corrected chi connectivity index (χ1v) is 10.5. The average molecular weight is 417 g/mol. The van der Waals surface area contributed by atoms with Gasteiger partial charge in [-0.05, 0) is 48.2 Å². The zero-order chi connectivity index (χ0) is 21.9. The Labute approximate surface area is 183 Å². The summed E-state index contributed by atoms with van der Waals surface area (Å²) in [6.07, 6.45) is 1.03. The van der Waals surface area contributed by atoms with Gasteiger partial charge < -0.3 is 15.4 Å². The summed E-state index contributed by atoms with van der Waals surface area (Å²) < 4.78 is 5.69. The van der Waals surface area contributed by atoms with Crippen LogP contribution in [0.4, 0.5) is 0 Å². The Morgan fingerprint density at radius 2 is 1.42 bits per heavy atom. The number of ether oxygens (including phenoxy) is 1. The van der Waals surface area contributed by atoms with Gasteiger partial charge in [-0.3, -0.25) is 9.59 Å². The van der Waals surface area contributed by atoms with Crippen molar-refractivity contribution in [1.29, 1.82) is 0 Å². The fourth-order valence-electron chi connectivity index (χ4n) is 3.15. The highest BCUT2D eigenvalue weighted by Crippen LogP contribution is 2.19. The molecule has 0 aliphatic carbocycles. The molecule has 31 heavy (non-hydrogen) atoms. The SMILES string of the molecule is Cc1ccccc1OCCCC(=O)NCCNC(=O)c1ccc(-c2ccccc2)cc1.